The zero-order valence-corrected chi connectivity index (χ0v) is 18.0. The molecule has 0 radical (unpaired) electrons. The van der Waals surface area contributed by atoms with E-state index in [1.807, 2.05) is 50.2 Å². The highest BCUT2D eigenvalue weighted by Crippen LogP contribution is 2.53. The molecule has 0 N–H and O–H groups in total. The number of nitrogens with zero attached hydrogens (tertiary/aromatic N) is 1. The van der Waals surface area contributed by atoms with Gasteiger partial charge in [0.1, 0.15) is 0 Å². The van der Waals surface area contributed by atoms with Gasteiger partial charge in [-0.25, -0.2) is 4.98 Å². The lowest BCUT2D eigenvalue weighted by molar-refractivity contribution is -0.143. The first kappa shape index (κ1) is 21.0. The minimum absolute atomic E-state index is 0.224. The van der Waals surface area contributed by atoms with Gasteiger partial charge in [0.15, 0.2) is 0 Å². The Hall–Kier alpha value is -3.21. The number of carbonyl (C=O) groups is 2. The third kappa shape index (κ3) is 3.92. The van der Waals surface area contributed by atoms with Crippen LogP contribution in [0, 0.1) is 0 Å². The molecular weight excluding hydrogens is 390 g/mol. The average molecular weight is 418 g/mol. The van der Waals surface area contributed by atoms with Crippen molar-refractivity contribution in [1.82, 2.24) is 4.98 Å². The van der Waals surface area contributed by atoms with Gasteiger partial charge >= 0.3 is 11.9 Å². The van der Waals surface area contributed by atoms with Gasteiger partial charge in [-0.15, -0.1) is 0 Å². The summed E-state index contributed by atoms with van der Waals surface area (Å²) in [5, 5.41) is 1.05. The van der Waals surface area contributed by atoms with Crippen molar-refractivity contribution in [3.05, 3.63) is 65.7 Å². The van der Waals surface area contributed by atoms with Crippen molar-refractivity contribution in [2.45, 2.75) is 44.9 Å². The number of rotatable bonds is 8. The van der Waals surface area contributed by atoms with Gasteiger partial charge in [-0.1, -0.05) is 42.5 Å². The molecule has 0 aliphatic heterocycles. The lowest BCUT2D eigenvalue weighted by atomic mass is 9.71. The maximum absolute atomic E-state index is 12.3. The molecule has 0 saturated carbocycles. The second-order valence-corrected chi connectivity index (χ2v) is 7.81. The fraction of sp³-hybridized carbons (Fsp3) is 0.346. The summed E-state index contributed by atoms with van der Waals surface area (Å²) < 4.78 is 10.4. The Morgan fingerprint density at radius 1 is 0.839 bits per heavy atom. The largest absolute Gasteiger partial charge is 0.466 e. The van der Waals surface area contributed by atoms with E-state index >= 15 is 0 Å². The molecule has 0 atom stereocenters. The lowest BCUT2D eigenvalue weighted by Crippen LogP contribution is -2.28. The van der Waals surface area contributed by atoms with Gasteiger partial charge in [-0.2, -0.15) is 0 Å². The predicted octanol–water partition coefficient (Wildman–Crippen LogP) is 5.19. The molecule has 1 aliphatic carbocycles. The number of ether oxygens (including phenoxy) is 2. The van der Waals surface area contributed by atoms with E-state index in [0.29, 0.717) is 26.1 Å². The van der Waals surface area contributed by atoms with Gasteiger partial charge in [0.05, 0.1) is 24.4 Å². The van der Waals surface area contributed by atoms with Gasteiger partial charge in [0, 0.05) is 29.2 Å². The Bertz CT molecular complexity index is 1100. The van der Waals surface area contributed by atoms with Crippen LogP contribution in [0.5, 0.6) is 0 Å². The van der Waals surface area contributed by atoms with Crippen LogP contribution in [0.15, 0.2) is 54.6 Å². The smallest absolute Gasteiger partial charge is 0.305 e. The average Bonchev–Trinajstić information content (AvgIpc) is 3.05. The van der Waals surface area contributed by atoms with Crippen LogP contribution in [0.25, 0.3) is 22.2 Å². The number of para-hydroxylation sites is 1. The zero-order valence-electron chi connectivity index (χ0n) is 18.0. The topological polar surface area (TPSA) is 65.5 Å². The van der Waals surface area contributed by atoms with E-state index in [1.165, 1.54) is 0 Å². The van der Waals surface area contributed by atoms with Gasteiger partial charge in [0.2, 0.25) is 0 Å². The van der Waals surface area contributed by atoms with E-state index in [4.69, 9.17) is 14.5 Å². The number of aromatic nitrogens is 1. The molecule has 1 aliphatic rings. The maximum Gasteiger partial charge on any atom is 0.305 e. The van der Waals surface area contributed by atoms with Crippen molar-refractivity contribution >= 4 is 22.8 Å². The molecule has 0 bridgehead atoms. The minimum atomic E-state index is -0.498. The summed E-state index contributed by atoms with van der Waals surface area (Å²) in [4.78, 5) is 29.6. The van der Waals surface area contributed by atoms with E-state index in [0.717, 1.165) is 33.3 Å². The van der Waals surface area contributed by atoms with Gasteiger partial charge < -0.3 is 9.47 Å². The number of pyridine rings is 1. The standard InChI is InChI=1S/C26H27NO4/c1-3-30-23(28)13-15-26(16-14-24(29)31-4-2)20-11-7-6-10-19(20)25-21(26)17-18-9-5-8-12-22(18)27-25/h5-12,17H,3-4,13-16H2,1-2H3. The van der Waals surface area contributed by atoms with Crippen molar-refractivity contribution in [1.29, 1.82) is 0 Å². The molecule has 5 heteroatoms. The normalized spacial score (nSPS) is 13.5. The van der Waals surface area contributed by atoms with Crippen LogP contribution in [0.3, 0.4) is 0 Å². The van der Waals surface area contributed by atoms with E-state index in [1.54, 1.807) is 0 Å². The SMILES string of the molecule is CCOC(=O)CCC1(CCC(=O)OCC)c2ccccc2-c2nc3ccccc3cc21. The molecular formula is C26H27NO4. The Labute approximate surface area is 182 Å². The quantitative estimate of drug-likeness (QED) is 0.472. The molecule has 31 heavy (non-hydrogen) atoms. The van der Waals surface area contributed by atoms with Gasteiger partial charge in [0.25, 0.3) is 0 Å². The van der Waals surface area contributed by atoms with Crippen LogP contribution in [0.2, 0.25) is 0 Å². The lowest BCUT2D eigenvalue weighted by Gasteiger charge is -2.31. The molecule has 0 unspecified atom stereocenters. The minimum Gasteiger partial charge on any atom is -0.466 e. The first-order chi connectivity index (χ1) is 15.1. The highest BCUT2D eigenvalue weighted by molar-refractivity contribution is 5.88. The van der Waals surface area contributed by atoms with Gasteiger partial charge in [-0.3, -0.25) is 9.59 Å². The Morgan fingerprint density at radius 3 is 2.13 bits per heavy atom. The second kappa shape index (κ2) is 8.88. The number of fused-ring (bicyclic) bond motifs is 4. The summed E-state index contributed by atoms with van der Waals surface area (Å²) in [6.45, 7) is 4.33. The van der Waals surface area contributed by atoms with Crippen molar-refractivity contribution in [3.8, 4) is 11.3 Å². The molecule has 160 valence electrons. The molecule has 0 amide bonds. The zero-order chi connectivity index (χ0) is 21.8. The fourth-order valence-corrected chi connectivity index (χ4v) is 4.70. The van der Waals surface area contributed by atoms with Crippen molar-refractivity contribution in [2.75, 3.05) is 13.2 Å². The van der Waals surface area contributed by atoms with Crippen LogP contribution in [-0.2, 0) is 24.5 Å². The highest BCUT2D eigenvalue weighted by Gasteiger charge is 2.44. The number of benzene rings is 2. The molecule has 0 fully saturated rings. The predicted molar refractivity (Wildman–Crippen MR) is 120 cm³/mol. The Kier molecular flexibility index (Phi) is 6.03. The van der Waals surface area contributed by atoms with Crippen LogP contribution in [0.4, 0.5) is 0 Å². The molecule has 4 rings (SSSR count). The van der Waals surface area contributed by atoms with E-state index in [9.17, 15) is 9.59 Å². The second-order valence-electron chi connectivity index (χ2n) is 7.81. The van der Waals surface area contributed by atoms with E-state index in [2.05, 4.69) is 18.2 Å². The number of esters is 2. The molecule has 0 spiro atoms. The molecule has 1 aromatic heterocycles. The van der Waals surface area contributed by atoms with Crippen molar-refractivity contribution < 1.29 is 19.1 Å². The number of hydrogen-bond acceptors (Lipinski definition) is 5. The summed E-state index contributed by atoms with van der Waals surface area (Å²) in [6, 6.07) is 18.4. The first-order valence-electron chi connectivity index (χ1n) is 10.9. The van der Waals surface area contributed by atoms with Crippen LogP contribution in [0.1, 0.15) is 50.7 Å². The van der Waals surface area contributed by atoms with Crippen LogP contribution >= 0.6 is 0 Å². The highest BCUT2D eigenvalue weighted by atomic mass is 16.5. The van der Waals surface area contributed by atoms with Crippen LogP contribution in [-0.4, -0.2) is 30.1 Å². The third-order valence-corrected chi connectivity index (χ3v) is 6.06. The molecule has 2 aromatic carbocycles. The summed E-state index contributed by atoms with van der Waals surface area (Å²) in [5.74, 6) is -0.449. The first-order valence-corrected chi connectivity index (χ1v) is 10.9. The van der Waals surface area contributed by atoms with Gasteiger partial charge in [-0.05, 0) is 49.9 Å². The molecule has 0 saturated heterocycles. The summed E-state index contributed by atoms with van der Waals surface area (Å²) in [6.07, 6.45) is 1.65. The molecule has 3 aromatic rings. The summed E-state index contributed by atoms with van der Waals surface area (Å²) in [7, 11) is 0. The van der Waals surface area contributed by atoms with E-state index < -0.39 is 5.41 Å². The summed E-state index contributed by atoms with van der Waals surface area (Å²) >= 11 is 0. The van der Waals surface area contributed by atoms with E-state index in [-0.39, 0.29) is 24.8 Å². The van der Waals surface area contributed by atoms with Crippen molar-refractivity contribution in [3.63, 3.8) is 0 Å². The molecule has 5 nitrogen and oxygen atoms in total. The third-order valence-electron chi connectivity index (χ3n) is 6.06. The number of hydrogen-bond donors (Lipinski definition) is 0. The maximum atomic E-state index is 12.3. The Morgan fingerprint density at radius 2 is 1.45 bits per heavy atom. The number of carbonyl (C=O) groups excluding carboxylic acids is 2. The van der Waals surface area contributed by atoms with Crippen LogP contribution < -0.4 is 0 Å². The van der Waals surface area contributed by atoms with Crippen molar-refractivity contribution in [2.24, 2.45) is 0 Å². The monoisotopic (exact) mass is 417 g/mol. The summed E-state index contributed by atoms with van der Waals surface area (Å²) in [5.41, 5.74) is 4.62. The molecule has 1 heterocycles. The fourth-order valence-electron chi connectivity index (χ4n) is 4.70. The Balaban J connectivity index is 1.84.